The summed E-state index contributed by atoms with van der Waals surface area (Å²) in [7, 11) is -3.21. The van der Waals surface area contributed by atoms with Gasteiger partial charge in [-0.05, 0) is 48.4 Å². The van der Waals surface area contributed by atoms with Crippen molar-refractivity contribution in [1.29, 1.82) is 0 Å². The highest BCUT2D eigenvalue weighted by atomic mass is 32.2. The fourth-order valence-corrected chi connectivity index (χ4v) is 6.22. The number of nitrogens with zero attached hydrogens (tertiary/aromatic N) is 1. The maximum atomic E-state index is 13.1. The number of hydrogen-bond donors (Lipinski definition) is 0. The SMILES string of the molecule is O=C(OCC(=O)N(c1ccccc1)C1CCS(=O)(=O)C1)c1ccc(-c2ccc(F)cc2)s1. The second-order valence-corrected chi connectivity index (χ2v) is 10.7. The average Bonchev–Trinajstić information content (AvgIpc) is 3.40. The van der Waals surface area contributed by atoms with Crippen LogP contribution < -0.4 is 4.90 Å². The van der Waals surface area contributed by atoms with Crippen molar-refractivity contribution in [2.24, 2.45) is 0 Å². The molecule has 1 atom stereocenters. The van der Waals surface area contributed by atoms with Gasteiger partial charge in [-0.1, -0.05) is 30.3 Å². The summed E-state index contributed by atoms with van der Waals surface area (Å²) in [5, 5.41) is 0. The molecule has 166 valence electrons. The number of halogens is 1. The number of para-hydroxylation sites is 1. The van der Waals surface area contributed by atoms with Crippen molar-refractivity contribution in [2.75, 3.05) is 23.0 Å². The molecule has 1 aliphatic rings. The van der Waals surface area contributed by atoms with Gasteiger partial charge in [0.05, 0.1) is 17.5 Å². The van der Waals surface area contributed by atoms with Crippen LogP contribution in [-0.4, -0.2) is 44.4 Å². The first-order valence-electron chi connectivity index (χ1n) is 9.93. The Balaban J connectivity index is 1.45. The molecule has 1 aromatic heterocycles. The van der Waals surface area contributed by atoms with Gasteiger partial charge < -0.3 is 9.64 Å². The lowest BCUT2D eigenvalue weighted by atomic mass is 10.2. The third-order valence-corrected chi connectivity index (χ3v) is 8.00. The van der Waals surface area contributed by atoms with Gasteiger partial charge in [-0.25, -0.2) is 17.6 Å². The van der Waals surface area contributed by atoms with Gasteiger partial charge in [0.25, 0.3) is 5.91 Å². The van der Waals surface area contributed by atoms with Gasteiger partial charge in [0, 0.05) is 10.6 Å². The lowest BCUT2D eigenvalue weighted by Gasteiger charge is -2.28. The van der Waals surface area contributed by atoms with Gasteiger partial charge in [0.2, 0.25) is 0 Å². The van der Waals surface area contributed by atoms with Crippen LogP contribution in [0.15, 0.2) is 66.7 Å². The van der Waals surface area contributed by atoms with Gasteiger partial charge in [0.15, 0.2) is 16.4 Å². The minimum Gasteiger partial charge on any atom is -0.451 e. The van der Waals surface area contributed by atoms with Crippen molar-refractivity contribution >= 4 is 38.7 Å². The highest BCUT2D eigenvalue weighted by Gasteiger charge is 2.35. The highest BCUT2D eigenvalue weighted by molar-refractivity contribution is 7.91. The number of benzene rings is 2. The Morgan fingerprint density at radius 1 is 1.03 bits per heavy atom. The number of carbonyl (C=O) groups excluding carboxylic acids is 2. The number of sulfone groups is 1. The summed E-state index contributed by atoms with van der Waals surface area (Å²) in [6.45, 7) is -0.506. The monoisotopic (exact) mass is 473 g/mol. The van der Waals surface area contributed by atoms with E-state index in [9.17, 15) is 22.4 Å². The first kappa shape index (κ1) is 22.2. The predicted octanol–water partition coefficient (Wildman–Crippen LogP) is 3.93. The third-order valence-electron chi connectivity index (χ3n) is 5.14. The molecule has 1 unspecified atom stereocenters. The molecule has 3 aromatic rings. The molecule has 0 radical (unpaired) electrons. The van der Waals surface area contributed by atoms with Crippen LogP contribution in [0.3, 0.4) is 0 Å². The average molecular weight is 474 g/mol. The summed E-state index contributed by atoms with van der Waals surface area (Å²) >= 11 is 1.18. The van der Waals surface area contributed by atoms with Crippen molar-refractivity contribution in [1.82, 2.24) is 0 Å². The van der Waals surface area contributed by atoms with Crippen LogP contribution >= 0.6 is 11.3 Å². The zero-order valence-corrected chi connectivity index (χ0v) is 18.6. The fraction of sp³-hybridized carbons (Fsp3) is 0.217. The van der Waals surface area contributed by atoms with Crippen molar-refractivity contribution in [3.63, 3.8) is 0 Å². The van der Waals surface area contributed by atoms with Crippen LogP contribution in [-0.2, 0) is 19.4 Å². The molecule has 32 heavy (non-hydrogen) atoms. The number of rotatable bonds is 6. The molecule has 2 heterocycles. The number of carbonyl (C=O) groups is 2. The van der Waals surface area contributed by atoms with Gasteiger partial charge in [-0.15, -0.1) is 11.3 Å². The van der Waals surface area contributed by atoms with E-state index < -0.39 is 34.4 Å². The second kappa shape index (κ2) is 9.22. The summed E-state index contributed by atoms with van der Waals surface area (Å²) in [6, 6.07) is 17.5. The molecule has 1 fully saturated rings. The molecule has 0 aliphatic carbocycles. The lowest BCUT2D eigenvalue weighted by Crippen LogP contribution is -2.43. The molecular weight excluding hydrogens is 453 g/mol. The minimum absolute atomic E-state index is 0.0232. The smallest absolute Gasteiger partial charge is 0.348 e. The minimum atomic E-state index is -3.21. The number of thiophene rings is 1. The van der Waals surface area contributed by atoms with E-state index in [4.69, 9.17) is 4.74 Å². The molecular formula is C23H20FNO5S2. The van der Waals surface area contributed by atoms with Crippen LogP contribution in [0, 0.1) is 5.82 Å². The quantitative estimate of drug-likeness (QED) is 0.507. The summed E-state index contributed by atoms with van der Waals surface area (Å²) in [4.78, 5) is 27.9. The zero-order valence-electron chi connectivity index (χ0n) is 16.9. The summed E-state index contributed by atoms with van der Waals surface area (Å²) in [5.74, 6) is -1.57. The fourth-order valence-electron chi connectivity index (χ4n) is 3.61. The Labute approximate surface area is 189 Å². The standard InChI is InChI=1S/C23H20FNO5S2/c24-17-8-6-16(7-9-17)20-10-11-21(31-20)23(27)30-14-22(26)25(18-4-2-1-3-5-18)19-12-13-32(28,29)15-19/h1-11,19H,12-15H2. The van der Waals surface area contributed by atoms with E-state index in [2.05, 4.69) is 0 Å². The number of esters is 1. The van der Waals surface area contributed by atoms with E-state index in [0.29, 0.717) is 17.0 Å². The number of hydrogen-bond acceptors (Lipinski definition) is 6. The Hall–Kier alpha value is -3.04. The van der Waals surface area contributed by atoms with Crippen LogP contribution in [0.1, 0.15) is 16.1 Å². The Kier molecular flexibility index (Phi) is 6.38. The van der Waals surface area contributed by atoms with E-state index in [0.717, 1.165) is 10.4 Å². The number of ether oxygens (including phenoxy) is 1. The molecule has 4 rings (SSSR count). The maximum absolute atomic E-state index is 13.1. The molecule has 0 N–H and O–H groups in total. The van der Waals surface area contributed by atoms with Crippen LogP contribution in [0.25, 0.3) is 10.4 Å². The molecule has 1 saturated heterocycles. The largest absolute Gasteiger partial charge is 0.451 e. The highest BCUT2D eigenvalue weighted by Crippen LogP contribution is 2.29. The van der Waals surface area contributed by atoms with E-state index >= 15 is 0 Å². The van der Waals surface area contributed by atoms with Gasteiger partial charge in [0.1, 0.15) is 10.7 Å². The van der Waals surface area contributed by atoms with Crippen LogP contribution in [0.5, 0.6) is 0 Å². The lowest BCUT2D eigenvalue weighted by molar-refractivity contribution is -0.122. The second-order valence-electron chi connectivity index (χ2n) is 7.40. The zero-order chi connectivity index (χ0) is 22.7. The molecule has 6 nitrogen and oxygen atoms in total. The first-order valence-corrected chi connectivity index (χ1v) is 12.6. The van der Waals surface area contributed by atoms with Gasteiger partial charge >= 0.3 is 5.97 Å². The molecule has 0 saturated carbocycles. The Morgan fingerprint density at radius 3 is 2.41 bits per heavy atom. The topological polar surface area (TPSA) is 80.8 Å². The molecule has 0 bridgehead atoms. The van der Waals surface area contributed by atoms with Crippen molar-refractivity contribution in [2.45, 2.75) is 12.5 Å². The van der Waals surface area contributed by atoms with E-state index in [-0.39, 0.29) is 17.3 Å². The van der Waals surface area contributed by atoms with Gasteiger partial charge in [-0.2, -0.15) is 0 Å². The molecule has 1 aliphatic heterocycles. The van der Waals surface area contributed by atoms with E-state index in [1.807, 2.05) is 0 Å². The maximum Gasteiger partial charge on any atom is 0.348 e. The van der Waals surface area contributed by atoms with Crippen molar-refractivity contribution in [3.8, 4) is 10.4 Å². The van der Waals surface area contributed by atoms with E-state index in [1.54, 1.807) is 54.6 Å². The predicted molar refractivity (Wildman–Crippen MR) is 121 cm³/mol. The molecule has 0 spiro atoms. The molecule has 2 aromatic carbocycles. The Morgan fingerprint density at radius 2 is 1.75 bits per heavy atom. The first-order chi connectivity index (χ1) is 15.3. The normalized spacial score (nSPS) is 17.1. The summed E-state index contributed by atoms with van der Waals surface area (Å²) in [6.07, 6.45) is 0.336. The van der Waals surface area contributed by atoms with Crippen molar-refractivity contribution in [3.05, 3.63) is 77.4 Å². The Bertz CT molecular complexity index is 1220. The summed E-state index contributed by atoms with van der Waals surface area (Å²) < 4.78 is 42.2. The van der Waals surface area contributed by atoms with Crippen LogP contribution in [0.2, 0.25) is 0 Å². The van der Waals surface area contributed by atoms with E-state index in [1.165, 1.54) is 28.4 Å². The van der Waals surface area contributed by atoms with Crippen molar-refractivity contribution < 1.29 is 27.1 Å². The molecule has 1 amide bonds. The summed E-state index contributed by atoms with van der Waals surface area (Å²) in [5.41, 5.74) is 1.33. The van der Waals surface area contributed by atoms with Crippen LogP contribution in [0.4, 0.5) is 10.1 Å². The third kappa shape index (κ3) is 5.05. The molecule has 9 heteroatoms. The van der Waals surface area contributed by atoms with Gasteiger partial charge in [-0.3, -0.25) is 4.79 Å². The number of amides is 1. The number of anilines is 1.